The molecule has 2 aromatic rings. The van der Waals surface area contributed by atoms with Gasteiger partial charge in [-0.15, -0.1) is 0 Å². The first-order valence-electron chi connectivity index (χ1n) is 11.2. The molecule has 1 saturated carbocycles. The van der Waals surface area contributed by atoms with E-state index in [0.29, 0.717) is 5.92 Å². The summed E-state index contributed by atoms with van der Waals surface area (Å²) in [5.74, 6) is -1.10. The molecule has 1 saturated heterocycles. The Kier molecular flexibility index (Phi) is 6.73. The highest BCUT2D eigenvalue weighted by molar-refractivity contribution is 6.47. The summed E-state index contributed by atoms with van der Waals surface area (Å²) in [6, 6.07) is 10.1. The molecular weight excluding hydrogens is 461 g/mol. The van der Waals surface area contributed by atoms with Gasteiger partial charge in [0.05, 0.1) is 29.3 Å². The first-order chi connectivity index (χ1) is 15.7. The number of carbonyl (C=O) groups is 2. The minimum absolute atomic E-state index is 0.0285. The minimum atomic E-state index is -0.713. The molecule has 1 unspecified atom stereocenters. The van der Waals surface area contributed by atoms with Crippen molar-refractivity contribution in [3.63, 3.8) is 0 Å². The van der Waals surface area contributed by atoms with Gasteiger partial charge in [-0.25, -0.2) is 0 Å². The Hall–Kier alpha value is -2.50. The van der Waals surface area contributed by atoms with E-state index in [9.17, 15) is 14.7 Å². The zero-order chi connectivity index (χ0) is 23.9. The van der Waals surface area contributed by atoms with Crippen LogP contribution in [-0.2, 0) is 9.59 Å². The predicted molar refractivity (Wildman–Crippen MR) is 130 cm³/mol. The average Bonchev–Trinajstić information content (AvgIpc) is 3.40. The molecule has 4 rings (SSSR count). The third-order valence-corrected chi connectivity index (χ3v) is 7.08. The normalized spacial score (nSPS) is 20.8. The highest BCUT2D eigenvalue weighted by Gasteiger charge is 2.49. The second-order valence-corrected chi connectivity index (χ2v) is 9.78. The predicted octanol–water partition coefficient (Wildman–Crippen LogP) is 6.49. The fourth-order valence-corrected chi connectivity index (χ4v) is 5.46. The Morgan fingerprint density at radius 1 is 1.09 bits per heavy atom. The van der Waals surface area contributed by atoms with E-state index in [0.717, 1.165) is 36.8 Å². The number of amides is 1. The van der Waals surface area contributed by atoms with Crippen molar-refractivity contribution < 1.29 is 19.4 Å². The third-order valence-electron chi connectivity index (χ3n) is 6.58. The molecule has 0 spiro atoms. The van der Waals surface area contributed by atoms with Crippen LogP contribution in [0.5, 0.6) is 5.75 Å². The molecule has 7 heteroatoms. The van der Waals surface area contributed by atoms with Crippen LogP contribution in [0.2, 0.25) is 10.0 Å². The number of hydrogen-bond acceptors (Lipinski definition) is 4. The van der Waals surface area contributed by atoms with Gasteiger partial charge in [-0.05, 0) is 42.0 Å². The van der Waals surface area contributed by atoms with Crippen LogP contribution in [0.3, 0.4) is 0 Å². The molecule has 5 nitrogen and oxygen atoms in total. The summed E-state index contributed by atoms with van der Waals surface area (Å²) >= 11 is 12.5. The monoisotopic (exact) mass is 487 g/mol. The van der Waals surface area contributed by atoms with Crippen LogP contribution < -0.4 is 4.74 Å². The van der Waals surface area contributed by atoms with Crippen molar-refractivity contribution in [2.45, 2.75) is 57.5 Å². The quantitative estimate of drug-likeness (QED) is 0.297. The molecule has 0 radical (unpaired) electrons. The number of benzene rings is 2. The topological polar surface area (TPSA) is 66.8 Å². The largest absolute Gasteiger partial charge is 0.507 e. The van der Waals surface area contributed by atoms with E-state index in [1.807, 2.05) is 24.3 Å². The summed E-state index contributed by atoms with van der Waals surface area (Å²) in [5.41, 5.74) is 2.14. The molecule has 174 valence electrons. The molecule has 2 aliphatic rings. The second-order valence-electron chi connectivity index (χ2n) is 8.93. The summed E-state index contributed by atoms with van der Waals surface area (Å²) < 4.78 is 5.39. The summed E-state index contributed by atoms with van der Waals surface area (Å²) in [6.45, 7) is 4.21. The van der Waals surface area contributed by atoms with Gasteiger partial charge < -0.3 is 14.7 Å². The Labute approximate surface area is 203 Å². The number of aliphatic hydroxyl groups excluding tert-OH is 1. The Morgan fingerprint density at radius 3 is 2.30 bits per heavy atom. The second kappa shape index (κ2) is 9.40. The number of halogens is 2. The molecule has 0 bridgehead atoms. The number of ketones is 1. The first-order valence-corrected chi connectivity index (χ1v) is 11.9. The number of nitrogens with zero attached hydrogens (tertiary/aromatic N) is 1. The average molecular weight is 488 g/mol. The summed E-state index contributed by atoms with van der Waals surface area (Å²) in [5, 5.41) is 11.9. The number of ether oxygens (including phenoxy) is 1. The lowest BCUT2D eigenvalue weighted by Crippen LogP contribution is -2.37. The van der Waals surface area contributed by atoms with Gasteiger partial charge in [-0.2, -0.15) is 0 Å². The molecule has 0 aromatic heterocycles. The Balaban J connectivity index is 1.93. The van der Waals surface area contributed by atoms with E-state index < -0.39 is 17.7 Å². The van der Waals surface area contributed by atoms with Crippen LogP contribution >= 0.6 is 23.2 Å². The maximum atomic E-state index is 13.3. The zero-order valence-corrected chi connectivity index (χ0v) is 20.4. The van der Waals surface area contributed by atoms with Crippen molar-refractivity contribution in [3.8, 4) is 5.75 Å². The van der Waals surface area contributed by atoms with E-state index in [4.69, 9.17) is 27.9 Å². The summed E-state index contributed by atoms with van der Waals surface area (Å²) in [7, 11) is 1.42. The molecule has 1 heterocycles. The fraction of sp³-hybridized carbons (Fsp3) is 0.385. The zero-order valence-electron chi connectivity index (χ0n) is 18.9. The number of aliphatic hydroxyl groups is 1. The minimum Gasteiger partial charge on any atom is -0.507 e. The molecule has 33 heavy (non-hydrogen) atoms. The molecule has 1 aliphatic carbocycles. The molecular formula is C26H27Cl2NO4. The van der Waals surface area contributed by atoms with Crippen molar-refractivity contribution in [3.05, 3.63) is 68.7 Å². The van der Waals surface area contributed by atoms with Crippen LogP contribution in [0.25, 0.3) is 5.76 Å². The highest BCUT2D eigenvalue weighted by atomic mass is 35.5. The Bertz CT molecular complexity index is 1120. The van der Waals surface area contributed by atoms with Crippen molar-refractivity contribution in [1.29, 1.82) is 0 Å². The Morgan fingerprint density at radius 2 is 1.73 bits per heavy atom. The number of Topliss-reactive ketones (excluding diaryl/α,β-unsaturated/α-hetero) is 1. The lowest BCUT2D eigenvalue weighted by Gasteiger charge is -2.31. The number of likely N-dealkylation sites (tertiary alicyclic amines) is 1. The number of rotatable bonds is 5. The van der Waals surface area contributed by atoms with Gasteiger partial charge in [0.25, 0.3) is 11.7 Å². The molecule has 1 atom stereocenters. The van der Waals surface area contributed by atoms with Crippen molar-refractivity contribution >= 4 is 40.7 Å². The van der Waals surface area contributed by atoms with Gasteiger partial charge in [0, 0.05) is 11.1 Å². The highest BCUT2D eigenvalue weighted by Crippen LogP contribution is 2.45. The van der Waals surface area contributed by atoms with E-state index >= 15 is 0 Å². The number of hydrogen-bond donors (Lipinski definition) is 1. The standard InChI is InChI=1S/C26H27Cl2NO4/c1-14(2)15-8-10-16(11-9-15)22-21(24(31)26(32)29(22)18-6-4-5-7-18)23(30)19-12-17(27)13-20(28)25(19)33-3/h8-14,18,22,30H,4-7H2,1-3H3/b23-21+. The van der Waals surface area contributed by atoms with Crippen LogP contribution in [0.1, 0.15) is 68.2 Å². The molecule has 1 N–H and O–H groups in total. The lowest BCUT2D eigenvalue weighted by molar-refractivity contribution is -0.141. The smallest absolute Gasteiger partial charge is 0.295 e. The van der Waals surface area contributed by atoms with Gasteiger partial charge in [0.1, 0.15) is 11.5 Å². The maximum absolute atomic E-state index is 13.3. The van der Waals surface area contributed by atoms with Crippen molar-refractivity contribution in [2.75, 3.05) is 7.11 Å². The van der Waals surface area contributed by atoms with Gasteiger partial charge in [-0.3, -0.25) is 9.59 Å². The summed E-state index contributed by atoms with van der Waals surface area (Å²) in [4.78, 5) is 28.2. The number of methoxy groups -OCH3 is 1. The lowest BCUT2D eigenvalue weighted by atomic mass is 9.92. The van der Waals surface area contributed by atoms with Gasteiger partial charge in [-0.1, -0.05) is 74.2 Å². The van der Waals surface area contributed by atoms with E-state index in [-0.39, 0.29) is 38.7 Å². The van der Waals surface area contributed by atoms with E-state index in [2.05, 4.69) is 13.8 Å². The third kappa shape index (κ3) is 4.24. The van der Waals surface area contributed by atoms with Gasteiger partial charge in [0.15, 0.2) is 0 Å². The van der Waals surface area contributed by atoms with Crippen molar-refractivity contribution in [1.82, 2.24) is 4.90 Å². The molecule has 1 aliphatic heterocycles. The van der Waals surface area contributed by atoms with E-state index in [1.165, 1.54) is 19.2 Å². The molecule has 2 aromatic carbocycles. The van der Waals surface area contributed by atoms with Crippen LogP contribution in [-0.4, -0.2) is 34.8 Å². The first kappa shape index (κ1) is 23.7. The maximum Gasteiger partial charge on any atom is 0.295 e. The van der Waals surface area contributed by atoms with Crippen molar-refractivity contribution in [2.24, 2.45) is 0 Å². The fourth-order valence-electron chi connectivity index (χ4n) is 4.89. The molecule has 2 fully saturated rings. The number of carbonyl (C=O) groups excluding carboxylic acids is 2. The van der Waals surface area contributed by atoms with Gasteiger partial charge >= 0.3 is 0 Å². The SMILES string of the molecule is COc1c(Cl)cc(Cl)cc1/C(O)=C1\C(=O)C(=O)N(C2CCCC2)C1c1ccc(C(C)C)cc1. The molecule has 1 amide bonds. The van der Waals surface area contributed by atoms with E-state index in [1.54, 1.807) is 4.90 Å². The van der Waals surface area contributed by atoms with Crippen LogP contribution in [0.15, 0.2) is 42.0 Å². The summed E-state index contributed by atoms with van der Waals surface area (Å²) in [6.07, 6.45) is 3.68. The van der Waals surface area contributed by atoms with Gasteiger partial charge in [0.2, 0.25) is 0 Å². The van der Waals surface area contributed by atoms with Crippen LogP contribution in [0, 0.1) is 0 Å². The van der Waals surface area contributed by atoms with Crippen LogP contribution in [0.4, 0.5) is 0 Å².